The second kappa shape index (κ2) is 7.42. The lowest BCUT2D eigenvalue weighted by molar-refractivity contribution is -0.144. The SMILES string of the molecule is C[C@@](C#N)(NC(=O)COC(=O)/C=C/c1ccccc1Br)C1CC1. The number of nitrogens with one attached hydrogen (secondary N) is 1. The molecule has 0 aliphatic heterocycles. The summed E-state index contributed by atoms with van der Waals surface area (Å²) in [5.41, 5.74) is -0.0477. The van der Waals surface area contributed by atoms with Gasteiger partial charge in [-0.2, -0.15) is 5.26 Å². The van der Waals surface area contributed by atoms with Crippen LogP contribution in [0.3, 0.4) is 0 Å². The lowest BCUT2D eigenvalue weighted by atomic mass is 9.98. The van der Waals surface area contributed by atoms with Crippen LogP contribution < -0.4 is 5.32 Å². The molecule has 1 N–H and O–H groups in total. The minimum atomic E-state index is -0.881. The zero-order valence-corrected chi connectivity index (χ0v) is 14.3. The third kappa shape index (κ3) is 4.93. The molecule has 0 radical (unpaired) electrons. The number of rotatable bonds is 6. The molecule has 1 atom stereocenters. The molecule has 0 aromatic heterocycles. The standard InChI is InChI=1S/C17H17BrN2O3/c1-17(11-19,13-7-8-13)20-15(21)10-23-16(22)9-6-12-4-2-3-5-14(12)18/h2-6,9,13H,7-8,10H2,1H3,(H,20,21)/b9-6+/t17-/m0/s1. The average molecular weight is 377 g/mol. The van der Waals surface area contributed by atoms with Crippen LogP contribution in [0.4, 0.5) is 0 Å². The molecular formula is C17H17BrN2O3. The van der Waals surface area contributed by atoms with Crippen molar-refractivity contribution >= 4 is 33.9 Å². The van der Waals surface area contributed by atoms with Crippen LogP contribution in [0.1, 0.15) is 25.3 Å². The van der Waals surface area contributed by atoms with Crippen LogP contribution in [0.2, 0.25) is 0 Å². The van der Waals surface area contributed by atoms with Gasteiger partial charge in [-0.1, -0.05) is 34.1 Å². The van der Waals surface area contributed by atoms with E-state index in [1.54, 1.807) is 13.0 Å². The number of amides is 1. The summed E-state index contributed by atoms with van der Waals surface area (Å²) in [6, 6.07) is 9.54. The molecule has 2 rings (SSSR count). The van der Waals surface area contributed by atoms with Gasteiger partial charge in [0.25, 0.3) is 5.91 Å². The predicted octanol–water partition coefficient (Wildman–Crippen LogP) is 2.81. The van der Waals surface area contributed by atoms with Crippen molar-refractivity contribution in [3.8, 4) is 6.07 Å². The molecule has 1 fully saturated rings. The Kier molecular flexibility index (Phi) is 5.56. The van der Waals surface area contributed by atoms with E-state index in [0.29, 0.717) is 0 Å². The van der Waals surface area contributed by atoms with Crippen LogP contribution in [-0.4, -0.2) is 24.0 Å². The first-order chi connectivity index (χ1) is 10.9. The van der Waals surface area contributed by atoms with Crippen LogP contribution in [0, 0.1) is 17.2 Å². The van der Waals surface area contributed by atoms with Crippen molar-refractivity contribution in [3.63, 3.8) is 0 Å². The van der Waals surface area contributed by atoms with E-state index >= 15 is 0 Å². The van der Waals surface area contributed by atoms with E-state index in [2.05, 4.69) is 27.3 Å². The Hall–Kier alpha value is -2.13. The number of carbonyl (C=O) groups is 2. The van der Waals surface area contributed by atoms with Gasteiger partial charge in [-0.3, -0.25) is 4.79 Å². The first kappa shape index (κ1) is 17.2. The van der Waals surface area contributed by atoms with Crippen molar-refractivity contribution in [1.82, 2.24) is 5.32 Å². The van der Waals surface area contributed by atoms with Crippen LogP contribution in [0.15, 0.2) is 34.8 Å². The number of esters is 1. The van der Waals surface area contributed by atoms with Crippen molar-refractivity contribution in [1.29, 1.82) is 5.26 Å². The van der Waals surface area contributed by atoms with Crippen molar-refractivity contribution < 1.29 is 14.3 Å². The number of carbonyl (C=O) groups excluding carboxylic acids is 2. The lowest BCUT2D eigenvalue weighted by Crippen LogP contribution is -2.48. The van der Waals surface area contributed by atoms with E-state index in [4.69, 9.17) is 4.74 Å². The number of hydrogen-bond donors (Lipinski definition) is 1. The fourth-order valence-corrected chi connectivity index (χ4v) is 2.58. The van der Waals surface area contributed by atoms with E-state index in [0.717, 1.165) is 22.9 Å². The van der Waals surface area contributed by atoms with Crippen LogP contribution in [0.25, 0.3) is 6.08 Å². The quantitative estimate of drug-likeness (QED) is 0.611. The Bertz CT molecular complexity index is 677. The molecule has 5 nitrogen and oxygen atoms in total. The number of nitrogens with zero attached hydrogens (tertiary/aromatic N) is 1. The van der Waals surface area contributed by atoms with Crippen molar-refractivity contribution in [2.75, 3.05) is 6.61 Å². The Morgan fingerprint density at radius 3 is 2.78 bits per heavy atom. The number of nitriles is 1. The molecule has 1 aromatic carbocycles. The molecule has 1 aliphatic rings. The maximum atomic E-state index is 11.8. The monoisotopic (exact) mass is 376 g/mol. The molecule has 23 heavy (non-hydrogen) atoms. The summed E-state index contributed by atoms with van der Waals surface area (Å²) in [5.74, 6) is -0.896. The molecule has 120 valence electrons. The summed E-state index contributed by atoms with van der Waals surface area (Å²) in [7, 11) is 0. The zero-order valence-electron chi connectivity index (χ0n) is 12.7. The highest BCUT2D eigenvalue weighted by Crippen LogP contribution is 2.39. The van der Waals surface area contributed by atoms with Gasteiger partial charge in [0.15, 0.2) is 6.61 Å². The van der Waals surface area contributed by atoms with Gasteiger partial charge in [0, 0.05) is 10.5 Å². The fraction of sp³-hybridized carbons (Fsp3) is 0.353. The van der Waals surface area contributed by atoms with Gasteiger partial charge >= 0.3 is 5.97 Å². The van der Waals surface area contributed by atoms with Crippen LogP contribution in [0.5, 0.6) is 0 Å². The highest BCUT2D eigenvalue weighted by atomic mass is 79.9. The smallest absolute Gasteiger partial charge is 0.331 e. The number of ether oxygens (including phenoxy) is 1. The van der Waals surface area contributed by atoms with Gasteiger partial charge in [-0.05, 0) is 43.4 Å². The predicted molar refractivity (Wildman–Crippen MR) is 89.0 cm³/mol. The molecule has 0 saturated heterocycles. The average Bonchev–Trinajstić information content (AvgIpc) is 3.37. The summed E-state index contributed by atoms with van der Waals surface area (Å²) in [6.07, 6.45) is 4.73. The van der Waals surface area contributed by atoms with Gasteiger partial charge in [0.05, 0.1) is 6.07 Å². The molecule has 0 unspecified atom stereocenters. The van der Waals surface area contributed by atoms with Crippen molar-refractivity contribution in [2.24, 2.45) is 5.92 Å². The first-order valence-corrected chi connectivity index (χ1v) is 8.05. The fourth-order valence-electron chi connectivity index (χ4n) is 2.16. The largest absolute Gasteiger partial charge is 0.452 e. The summed E-state index contributed by atoms with van der Waals surface area (Å²) in [6.45, 7) is 1.29. The van der Waals surface area contributed by atoms with E-state index in [-0.39, 0.29) is 5.92 Å². The van der Waals surface area contributed by atoms with Gasteiger partial charge in [0.1, 0.15) is 5.54 Å². The molecule has 1 aromatic rings. The molecule has 1 saturated carbocycles. The van der Waals surface area contributed by atoms with E-state index in [1.807, 2.05) is 24.3 Å². The highest BCUT2D eigenvalue weighted by molar-refractivity contribution is 9.10. The topological polar surface area (TPSA) is 79.2 Å². The molecule has 0 bridgehead atoms. The van der Waals surface area contributed by atoms with Gasteiger partial charge in [0.2, 0.25) is 0 Å². The Balaban J connectivity index is 1.81. The number of benzene rings is 1. The minimum Gasteiger partial charge on any atom is -0.452 e. The maximum absolute atomic E-state index is 11.8. The van der Waals surface area contributed by atoms with Crippen LogP contribution in [-0.2, 0) is 14.3 Å². The molecule has 0 spiro atoms. The summed E-state index contributed by atoms with van der Waals surface area (Å²) < 4.78 is 5.75. The highest BCUT2D eigenvalue weighted by Gasteiger charge is 2.43. The maximum Gasteiger partial charge on any atom is 0.331 e. The normalized spacial score (nSPS) is 16.4. The van der Waals surface area contributed by atoms with Gasteiger partial charge in [-0.25, -0.2) is 4.79 Å². The summed E-state index contributed by atoms with van der Waals surface area (Å²) in [5, 5.41) is 11.8. The minimum absolute atomic E-state index is 0.183. The zero-order chi connectivity index (χ0) is 16.9. The van der Waals surface area contributed by atoms with Crippen LogP contribution >= 0.6 is 15.9 Å². The summed E-state index contributed by atoms with van der Waals surface area (Å²) >= 11 is 3.37. The lowest BCUT2D eigenvalue weighted by Gasteiger charge is -2.22. The Morgan fingerprint density at radius 1 is 1.48 bits per heavy atom. The van der Waals surface area contributed by atoms with Crippen molar-refractivity contribution in [2.45, 2.75) is 25.3 Å². The van der Waals surface area contributed by atoms with E-state index in [9.17, 15) is 14.9 Å². The third-order valence-corrected chi connectivity index (χ3v) is 4.40. The van der Waals surface area contributed by atoms with Crippen molar-refractivity contribution in [3.05, 3.63) is 40.4 Å². The van der Waals surface area contributed by atoms with E-state index in [1.165, 1.54) is 6.08 Å². The number of hydrogen-bond acceptors (Lipinski definition) is 4. The Labute approximate surface area is 143 Å². The third-order valence-electron chi connectivity index (χ3n) is 3.67. The van der Waals surface area contributed by atoms with Gasteiger partial charge < -0.3 is 10.1 Å². The van der Waals surface area contributed by atoms with Gasteiger partial charge in [-0.15, -0.1) is 0 Å². The molecule has 1 amide bonds. The van der Waals surface area contributed by atoms with E-state index < -0.39 is 24.0 Å². The first-order valence-electron chi connectivity index (χ1n) is 7.26. The molecule has 6 heteroatoms. The number of halogens is 1. The second-order valence-electron chi connectivity index (χ2n) is 5.60. The molecule has 1 aliphatic carbocycles. The molecular weight excluding hydrogens is 360 g/mol. The molecule has 0 heterocycles. The second-order valence-corrected chi connectivity index (χ2v) is 6.45. The summed E-state index contributed by atoms with van der Waals surface area (Å²) in [4.78, 5) is 23.5. The Morgan fingerprint density at radius 2 is 2.17 bits per heavy atom.